The van der Waals surface area contributed by atoms with E-state index in [1.807, 2.05) is 27.7 Å². The highest BCUT2D eigenvalue weighted by Crippen LogP contribution is 2.30. The van der Waals surface area contributed by atoms with Crippen molar-refractivity contribution in [2.75, 3.05) is 5.75 Å². The Morgan fingerprint density at radius 2 is 1.57 bits per heavy atom. The molecule has 2 rings (SSSR count). The number of halogens is 1. The molecule has 0 saturated heterocycles. The maximum atomic E-state index is 14.0. The zero-order valence-electron chi connectivity index (χ0n) is 17.6. The highest BCUT2D eigenvalue weighted by molar-refractivity contribution is 7.91. The van der Waals surface area contributed by atoms with Crippen LogP contribution in [-0.2, 0) is 26.8 Å². The number of benzene rings is 2. The van der Waals surface area contributed by atoms with Crippen molar-refractivity contribution in [1.82, 2.24) is 0 Å². The summed E-state index contributed by atoms with van der Waals surface area (Å²) in [5.74, 6) is -3.10. The molecule has 0 aliphatic heterocycles. The van der Waals surface area contributed by atoms with Gasteiger partial charge >= 0.3 is 5.97 Å². The zero-order valence-corrected chi connectivity index (χ0v) is 18.4. The lowest BCUT2D eigenvalue weighted by atomic mass is 9.86. The van der Waals surface area contributed by atoms with Crippen molar-refractivity contribution in [1.29, 1.82) is 0 Å². The van der Waals surface area contributed by atoms with Crippen LogP contribution in [0.25, 0.3) is 0 Å². The van der Waals surface area contributed by atoms with Crippen LogP contribution in [0, 0.1) is 5.82 Å². The van der Waals surface area contributed by atoms with Gasteiger partial charge in [-0.1, -0.05) is 39.8 Å². The molecule has 0 bridgehead atoms. The molecule has 0 heterocycles. The van der Waals surface area contributed by atoms with Crippen molar-refractivity contribution in [3.63, 3.8) is 0 Å². The van der Waals surface area contributed by atoms with Crippen molar-refractivity contribution in [2.45, 2.75) is 51.7 Å². The van der Waals surface area contributed by atoms with E-state index in [1.165, 1.54) is 36.4 Å². The van der Waals surface area contributed by atoms with Gasteiger partial charge in [0.25, 0.3) is 0 Å². The average molecular weight is 435 g/mol. The molecule has 0 fully saturated rings. The standard InChI is InChI=1S/C23H27FO5S/c1-14(2)20-9-18(24)10-21(15(3)4)22(20)11-19(25)13-30(28,29)12-16-6-5-7-17(8-16)23(26)27/h5-10,14-15H,11-13H2,1-4H3,(H,26,27). The van der Waals surface area contributed by atoms with Gasteiger partial charge in [0, 0.05) is 6.42 Å². The van der Waals surface area contributed by atoms with Crippen molar-refractivity contribution >= 4 is 21.6 Å². The molecule has 0 aliphatic carbocycles. The summed E-state index contributed by atoms with van der Waals surface area (Å²) < 4.78 is 39.1. The molecular formula is C23H27FO5S. The number of carbonyl (C=O) groups excluding carboxylic acids is 1. The van der Waals surface area contributed by atoms with Gasteiger partial charge in [-0.15, -0.1) is 0 Å². The second-order valence-corrected chi connectivity index (χ2v) is 10.2. The molecule has 162 valence electrons. The number of hydrogen-bond donors (Lipinski definition) is 1. The van der Waals surface area contributed by atoms with E-state index in [1.54, 1.807) is 0 Å². The maximum absolute atomic E-state index is 14.0. The Labute approximate surface area is 176 Å². The van der Waals surface area contributed by atoms with Crippen LogP contribution in [0.5, 0.6) is 0 Å². The zero-order chi connectivity index (χ0) is 22.6. The van der Waals surface area contributed by atoms with E-state index >= 15 is 0 Å². The first-order valence-corrected chi connectivity index (χ1v) is 11.6. The summed E-state index contributed by atoms with van der Waals surface area (Å²) in [4.78, 5) is 23.7. The van der Waals surface area contributed by atoms with Gasteiger partial charge in [0.2, 0.25) is 0 Å². The van der Waals surface area contributed by atoms with Crippen LogP contribution in [0.2, 0.25) is 0 Å². The molecule has 0 unspecified atom stereocenters. The first kappa shape index (κ1) is 23.7. The Hall–Kier alpha value is -2.54. The first-order chi connectivity index (χ1) is 13.9. The molecule has 7 heteroatoms. The summed E-state index contributed by atoms with van der Waals surface area (Å²) in [6, 6.07) is 8.47. The molecule has 2 aromatic carbocycles. The molecule has 0 aliphatic rings. The Balaban J connectivity index is 2.24. The van der Waals surface area contributed by atoms with Gasteiger partial charge in [-0.3, -0.25) is 4.79 Å². The largest absolute Gasteiger partial charge is 0.478 e. The molecule has 30 heavy (non-hydrogen) atoms. The van der Waals surface area contributed by atoms with Gasteiger partial charge in [-0.2, -0.15) is 0 Å². The molecule has 5 nitrogen and oxygen atoms in total. The summed E-state index contributed by atoms with van der Waals surface area (Å²) in [5.41, 5.74) is 2.41. The lowest BCUT2D eigenvalue weighted by Crippen LogP contribution is -2.21. The van der Waals surface area contributed by atoms with Crippen LogP contribution in [-0.4, -0.2) is 31.0 Å². The topological polar surface area (TPSA) is 88.5 Å². The van der Waals surface area contributed by atoms with E-state index in [2.05, 4.69) is 0 Å². The summed E-state index contributed by atoms with van der Waals surface area (Å²) in [7, 11) is -3.79. The van der Waals surface area contributed by atoms with Gasteiger partial charge in [-0.05, 0) is 58.4 Å². The number of carboxylic acids is 1. The molecule has 0 amide bonds. The molecule has 0 aromatic heterocycles. The van der Waals surface area contributed by atoms with Crippen molar-refractivity contribution in [3.05, 3.63) is 70.0 Å². The highest BCUT2D eigenvalue weighted by Gasteiger charge is 2.22. The van der Waals surface area contributed by atoms with E-state index in [0.29, 0.717) is 22.3 Å². The fourth-order valence-corrected chi connectivity index (χ4v) is 4.89. The minimum absolute atomic E-state index is 0.0107. The summed E-state index contributed by atoms with van der Waals surface area (Å²) in [6.07, 6.45) is -0.0876. The molecule has 0 radical (unpaired) electrons. The lowest BCUT2D eigenvalue weighted by molar-refractivity contribution is -0.116. The second-order valence-electron chi connectivity index (χ2n) is 8.13. The number of aromatic carboxylic acids is 1. The number of sulfone groups is 1. The number of carboxylic acid groups (broad SMARTS) is 1. The van der Waals surface area contributed by atoms with Gasteiger partial charge in [0.15, 0.2) is 15.6 Å². The smallest absolute Gasteiger partial charge is 0.335 e. The van der Waals surface area contributed by atoms with Gasteiger partial charge in [0.1, 0.15) is 11.6 Å². The molecule has 0 atom stereocenters. The SMILES string of the molecule is CC(C)c1cc(F)cc(C(C)C)c1CC(=O)CS(=O)(=O)Cc1cccc(C(=O)O)c1. The van der Waals surface area contributed by atoms with E-state index < -0.39 is 33.1 Å². The van der Waals surface area contributed by atoms with Crippen molar-refractivity contribution in [3.8, 4) is 0 Å². The first-order valence-electron chi connectivity index (χ1n) is 9.76. The predicted octanol–water partition coefficient (Wildman–Crippen LogP) is 4.50. The lowest BCUT2D eigenvalue weighted by Gasteiger charge is -2.19. The maximum Gasteiger partial charge on any atom is 0.335 e. The highest BCUT2D eigenvalue weighted by atomic mass is 32.2. The minimum atomic E-state index is -3.79. The summed E-state index contributed by atoms with van der Waals surface area (Å²) >= 11 is 0. The summed E-state index contributed by atoms with van der Waals surface area (Å²) in [5, 5.41) is 9.05. The van der Waals surface area contributed by atoms with Gasteiger partial charge < -0.3 is 5.11 Å². The second kappa shape index (κ2) is 9.51. The Morgan fingerprint density at radius 3 is 2.07 bits per heavy atom. The minimum Gasteiger partial charge on any atom is -0.478 e. The third-order valence-electron chi connectivity index (χ3n) is 4.84. The van der Waals surface area contributed by atoms with E-state index in [0.717, 1.165) is 0 Å². The monoisotopic (exact) mass is 434 g/mol. The Morgan fingerprint density at radius 1 is 1.00 bits per heavy atom. The third kappa shape index (κ3) is 6.23. The average Bonchev–Trinajstić information content (AvgIpc) is 2.61. The Bertz CT molecular complexity index is 1030. The van der Waals surface area contributed by atoms with Crippen molar-refractivity contribution in [2.24, 2.45) is 0 Å². The van der Waals surface area contributed by atoms with E-state index in [4.69, 9.17) is 5.11 Å². The predicted molar refractivity (Wildman–Crippen MR) is 114 cm³/mol. The van der Waals surface area contributed by atoms with Crippen LogP contribution in [0.3, 0.4) is 0 Å². The van der Waals surface area contributed by atoms with Gasteiger partial charge in [-0.25, -0.2) is 17.6 Å². The van der Waals surface area contributed by atoms with Crippen LogP contribution in [0.4, 0.5) is 4.39 Å². The molecule has 2 aromatic rings. The quantitative estimate of drug-likeness (QED) is 0.628. The van der Waals surface area contributed by atoms with Crippen LogP contribution in [0.15, 0.2) is 36.4 Å². The fraction of sp³-hybridized carbons (Fsp3) is 0.391. The van der Waals surface area contributed by atoms with Crippen LogP contribution >= 0.6 is 0 Å². The van der Waals surface area contributed by atoms with Crippen molar-refractivity contribution < 1.29 is 27.5 Å². The molecule has 0 spiro atoms. The van der Waals surface area contributed by atoms with Gasteiger partial charge in [0.05, 0.1) is 11.3 Å². The number of hydrogen-bond acceptors (Lipinski definition) is 4. The number of rotatable bonds is 9. The number of carbonyl (C=O) groups is 2. The molecule has 1 N–H and O–H groups in total. The molecule has 0 saturated carbocycles. The number of ketones is 1. The third-order valence-corrected chi connectivity index (χ3v) is 6.38. The van der Waals surface area contributed by atoms with Crippen LogP contribution in [0.1, 0.15) is 72.1 Å². The van der Waals surface area contributed by atoms with Crippen LogP contribution < -0.4 is 0 Å². The normalized spacial score (nSPS) is 11.8. The fourth-order valence-electron chi connectivity index (χ4n) is 3.51. The molecular weight excluding hydrogens is 407 g/mol. The Kier molecular flexibility index (Phi) is 7.53. The van der Waals surface area contributed by atoms with E-state index in [-0.39, 0.29) is 29.6 Å². The summed E-state index contributed by atoms with van der Waals surface area (Å²) in [6.45, 7) is 7.61. The number of Topliss-reactive ketones (excluding diaryl/α,β-unsaturated/α-hetero) is 1. The van der Waals surface area contributed by atoms with E-state index in [9.17, 15) is 22.4 Å².